The molecule has 2 aliphatic heterocycles. The van der Waals surface area contributed by atoms with Crippen molar-refractivity contribution in [2.45, 2.75) is 51.2 Å². The molecule has 2 fully saturated rings. The molecule has 21 heavy (non-hydrogen) atoms. The summed E-state index contributed by atoms with van der Waals surface area (Å²) in [6.07, 6.45) is 3.96. The van der Waals surface area contributed by atoms with Gasteiger partial charge in [0.25, 0.3) is 0 Å². The number of rotatable bonds is 4. The molecule has 0 aliphatic carbocycles. The lowest BCUT2D eigenvalue weighted by Crippen LogP contribution is -2.53. The van der Waals surface area contributed by atoms with E-state index in [1.165, 1.54) is 0 Å². The van der Waals surface area contributed by atoms with Gasteiger partial charge in [-0.25, -0.2) is 4.79 Å². The third kappa shape index (κ3) is 4.41. The number of hydrogen-bond acceptors (Lipinski definition) is 5. The zero-order valence-electron chi connectivity index (χ0n) is 12.8. The van der Waals surface area contributed by atoms with E-state index in [1.807, 2.05) is 4.90 Å². The van der Waals surface area contributed by atoms with Gasteiger partial charge < -0.3 is 14.7 Å². The maximum absolute atomic E-state index is 12.5. The molecule has 0 radical (unpaired) electrons. The third-order valence-electron chi connectivity index (χ3n) is 4.22. The predicted molar refractivity (Wildman–Crippen MR) is 77.7 cm³/mol. The van der Waals surface area contributed by atoms with E-state index in [1.54, 1.807) is 11.8 Å². The molecule has 0 spiro atoms. The molecule has 0 aromatic rings. The van der Waals surface area contributed by atoms with Gasteiger partial charge in [-0.1, -0.05) is 0 Å². The number of aliphatic hydroxyl groups is 1. The first kappa shape index (κ1) is 16.2. The lowest BCUT2D eigenvalue weighted by atomic mass is 10.0. The van der Waals surface area contributed by atoms with E-state index in [0.29, 0.717) is 26.1 Å². The normalized spacial score (nSPS) is 27.4. The molecule has 0 bridgehead atoms. The van der Waals surface area contributed by atoms with Crippen LogP contribution in [0.2, 0.25) is 0 Å². The Bertz CT molecular complexity index is 375. The van der Waals surface area contributed by atoms with E-state index in [-0.39, 0.29) is 24.5 Å². The summed E-state index contributed by atoms with van der Waals surface area (Å²) in [5.41, 5.74) is 0. The number of hydrogen-bond donors (Lipinski definition) is 1. The Morgan fingerprint density at radius 2 is 2.00 bits per heavy atom. The van der Waals surface area contributed by atoms with Crippen LogP contribution < -0.4 is 0 Å². The fraction of sp³-hybridized carbons (Fsp3) is 0.867. The van der Waals surface area contributed by atoms with Crippen molar-refractivity contribution in [1.82, 2.24) is 9.80 Å². The topological polar surface area (TPSA) is 70.1 Å². The third-order valence-corrected chi connectivity index (χ3v) is 4.22. The Morgan fingerprint density at radius 3 is 2.71 bits per heavy atom. The first-order valence-corrected chi connectivity index (χ1v) is 7.98. The second-order valence-electron chi connectivity index (χ2n) is 5.88. The molecule has 6 nitrogen and oxygen atoms in total. The van der Waals surface area contributed by atoms with Crippen LogP contribution in [-0.4, -0.2) is 71.7 Å². The Kier molecular flexibility index (Phi) is 5.99. The first-order chi connectivity index (χ1) is 10.1. The number of β-amino-alcohol motifs (C(OH)–C–C–N with tert-alkyl or cyclic N) is 1. The van der Waals surface area contributed by atoms with Crippen molar-refractivity contribution in [3.8, 4) is 0 Å². The minimum Gasteiger partial charge on any atom is -0.464 e. The highest BCUT2D eigenvalue weighted by Crippen LogP contribution is 2.19. The van der Waals surface area contributed by atoms with Gasteiger partial charge >= 0.3 is 5.97 Å². The van der Waals surface area contributed by atoms with E-state index in [4.69, 9.17) is 4.74 Å². The van der Waals surface area contributed by atoms with Crippen LogP contribution in [0.5, 0.6) is 0 Å². The van der Waals surface area contributed by atoms with Gasteiger partial charge in [0.1, 0.15) is 6.04 Å². The number of aliphatic hydroxyl groups excluding tert-OH is 1. The molecule has 0 aromatic carbocycles. The van der Waals surface area contributed by atoms with Crippen molar-refractivity contribution >= 4 is 11.9 Å². The summed E-state index contributed by atoms with van der Waals surface area (Å²) < 4.78 is 5.08. The zero-order chi connectivity index (χ0) is 15.2. The fourth-order valence-electron chi connectivity index (χ4n) is 3.17. The zero-order valence-corrected chi connectivity index (χ0v) is 12.8. The van der Waals surface area contributed by atoms with E-state index in [2.05, 4.69) is 0 Å². The summed E-state index contributed by atoms with van der Waals surface area (Å²) in [6, 6.07) is -0.430. The summed E-state index contributed by atoms with van der Waals surface area (Å²) in [4.78, 5) is 28.1. The van der Waals surface area contributed by atoms with Gasteiger partial charge in [-0.05, 0) is 45.6 Å². The van der Waals surface area contributed by atoms with Crippen LogP contribution >= 0.6 is 0 Å². The van der Waals surface area contributed by atoms with Gasteiger partial charge in [0, 0.05) is 13.1 Å². The van der Waals surface area contributed by atoms with E-state index >= 15 is 0 Å². The Balaban J connectivity index is 1.93. The van der Waals surface area contributed by atoms with Crippen LogP contribution in [0.4, 0.5) is 0 Å². The number of likely N-dealkylation sites (tertiary alicyclic amines) is 2. The van der Waals surface area contributed by atoms with Crippen LogP contribution in [0.3, 0.4) is 0 Å². The predicted octanol–water partition coefficient (Wildman–Crippen LogP) is 0.387. The number of piperidine rings is 2. The quantitative estimate of drug-likeness (QED) is 0.760. The van der Waals surface area contributed by atoms with E-state index in [0.717, 1.165) is 32.2 Å². The van der Waals surface area contributed by atoms with Crippen molar-refractivity contribution in [1.29, 1.82) is 0 Å². The second-order valence-corrected chi connectivity index (χ2v) is 5.88. The summed E-state index contributed by atoms with van der Waals surface area (Å²) in [7, 11) is 0. The highest BCUT2D eigenvalue weighted by molar-refractivity contribution is 5.85. The standard InChI is InChI=1S/C15H26N2O4/c1-2-21-15(20)13-7-3-4-9-17(13)14(19)11-16-8-5-6-12(18)10-16/h12-13,18H,2-11H2,1H3. The van der Waals surface area contributed by atoms with Gasteiger partial charge in [0.05, 0.1) is 19.3 Å². The summed E-state index contributed by atoms with van der Waals surface area (Å²) in [5, 5.41) is 9.67. The Hall–Kier alpha value is -1.14. The molecule has 0 saturated carbocycles. The molecule has 6 heteroatoms. The summed E-state index contributed by atoms with van der Waals surface area (Å²) in [5.74, 6) is -0.314. The van der Waals surface area contributed by atoms with Gasteiger partial charge in [0.15, 0.2) is 0 Å². The molecule has 2 heterocycles. The first-order valence-electron chi connectivity index (χ1n) is 7.98. The minimum absolute atomic E-state index is 0.0261. The van der Waals surface area contributed by atoms with Crippen LogP contribution in [-0.2, 0) is 14.3 Å². The molecule has 2 saturated heterocycles. The van der Waals surface area contributed by atoms with Crippen molar-refractivity contribution in [3.05, 3.63) is 0 Å². The fourth-order valence-corrected chi connectivity index (χ4v) is 3.17. The van der Waals surface area contributed by atoms with Crippen molar-refractivity contribution in [2.24, 2.45) is 0 Å². The highest BCUT2D eigenvalue weighted by atomic mass is 16.5. The molecular weight excluding hydrogens is 272 g/mol. The SMILES string of the molecule is CCOC(=O)C1CCCCN1C(=O)CN1CCCC(O)C1. The van der Waals surface area contributed by atoms with Crippen LogP contribution in [0.25, 0.3) is 0 Å². The Labute approximate surface area is 126 Å². The maximum Gasteiger partial charge on any atom is 0.328 e. The monoisotopic (exact) mass is 298 g/mol. The summed E-state index contributed by atoms with van der Waals surface area (Å²) in [6.45, 7) is 4.41. The molecule has 1 N–H and O–H groups in total. The van der Waals surface area contributed by atoms with Crippen LogP contribution in [0.1, 0.15) is 39.0 Å². The lowest BCUT2D eigenvalue weighted by Gasteiger charge is -2.36. The van der Waals surface area contributed by atoms with Crippen LogP contribution in [0, 0.1) is 0 Å². The molecule has 2 rings (SSSR count). The lowest BCUT2D eigenvalue weighted by molar-refractivity contribution is -0.157. The van der Waals surface area contributed by atoms with E-state index in [9.17, 15) is 14.7 Å². The highest BCUT2D eigenvalue weighted by Gasteiger charge is 2.34. The van der Waals surface area contributed by atoms with Crippen molar-refractivity contribution in [3.63, 3.8) is 0 Å². The molecular formula is C15H26N2O4. The number of amides is 1. The van der Waals surface area contributed by atoms with Gasteiger partial charge in [-0.3, -0.25) is 9.69 Å². The summed E-state index contributed by atoms with van der Waals surface area (Å²) >= 11 is 0. The number of carbonyl (C=O) groups is 2. The van der Waals surface area contributed by atoms with Gasteiger partial charge in [-0.2, -0.15) is 0 Å². The molecule has 2 unspecified atom stereocenters. The number of esters is 1. The molecule has 0 aromatic heterocycles. The molecule has 120 valence electrons. The molecule has 1 amide bonds. The molecule has 2 atom stereocenters. The maximum atomic E-state index is 12.5. The van der Waals surface area contributed by atoms with Gasteiger partial charge in [-0.15, -0.1) is 0 Å². The molecule has 2 aliphatic rings. The van der Waals surface area contributed by atoms with Crippen molar-refractivity contribution < 1.29 is 19.4 Å². The second kappa shape index (κ2) is 7.75. The minimum atomic E-state index is -0.430. The van der Waals surface area contributed by atoms with E-state index < -0.39 is 6.04 Å². The van der Waals surface area contributed by atoms with Gasteiger partial charge in [0.2, 0.25) is 5.91 Å². The largest absolute Gasteiger partial charge is 0.464 e. The number of nitrogens with zero attached hydrogens (tertiary/aromatic N) is 2. The van der Waals surface area contributed by atoms with Crippen LogP contribution in [0.15, 0.2) is 0 Å². The number of carbonyl (C=O) groups excluding carboxylic acids is 2. The Morgan fingerprint density at radius 1 is 1.19 bits per heavy atom. The number of ether oxygens (including phenoxy) is 1. The average Bonchev–Trinajstić information content (AvgIpc) is 2.47. The average molecular weight is 298 g/mol. The van der Waals surface area contributed by atoms with Crippen molar-refractivity contribution in [2.75, 3.05) is 32.8 Å². The smallest absolute Gasteiger partial charge is 0.328 e.